The van der Waals surface area contributed by atoms with Crippen LogP contribution in [0.4, 0.5) is 0 Å². The van der Waals surface area contributed by atoms with Crippen LogP contribution in [0, 0.1) is 0 Å². The molecule has 0 bridgehead atoms. The molecule has 90 valence electrons. The Morgan fingerprint density at radius 2 is 1.71 bits per heavy atom. The van der Waals surface area contributed by atoms with Gasteiger partial charge in [-0.25, -0.2) is 14.6 Å². The summed E-state index contributed by atoms with van der Waals surface area (Å²) in [6.07, 6.45) is 0. The van der Waals surface area contributed by atoms with E-state index in [1.165, 1.54) is 30.3 Å². The quantitative estimate of drug-likeness (QED) is 0.663. The lowest BCUT2D eigenvalue weighted by Gasteiger charge is -2.04. The Labute approximate surface area is 94.3 Å². The van der Waals surface area contributed by atoms with Gasteiger partial charge >= 0.3 is 11.7 Å². The standard InChI is InChI=1S/C9H10N4O4/c1-11-5(8(15)16)10-4-6(11)12(2)9(17)13(3)7(4)14/h1-3H3,(H,15,16). The number of imidazole rings is 1. The lowest BCUT2D eigenvalue weighted by molar-refractivity contribution is 0.0680. The molecule has 1 N–H and O–H groups in total. The number of aromatic carboxylic acids is 1. The van der Waals surface area contributed by atoms with Crippen LogP contribution in [0.5, 0.6) is 0 Å². The van der Waals surface area contributed by atoms with Crippen LogP contribution < -0.4 is 11.2 Å². The highest BCUT2D eigenvalue weighted by Crippen LogP contribution is 2.08. The molecule has 2 aromatic heterocycles. The van der Waals surface area contributed by atoms with Gasteiger partial charge in [-0.2, -0.15) is 0 Å². The van der Waals surface area contributed by atoms with Crippen LogP contribution in [-0.4, -0.2) is 29.8 Å². The first-order valence-electron chi connectivity index (χ1n) is 4.72. The fourth-order valence-electron chi connectivity index (χ4n) is 1.77. The van der Waals surface area contributed by atoms with E-state index in [4.69, 9.17) is 5.11 Å². The maximum atomic E-state index is 11.8. The van der Waals surface area contributed by atoms with Crippen LogP contribution in [0.3, 0.4) is 0 Å². The van der Waals surface area contributed by atoms with Crippen molar-refractivity contribution < 1.29 is 9.90 Å². The van der Waals surface area contributed by atoms with Gasteiger partial charge in [0.05, 0.1) is 0 Å². The molecule has 2 heterocycles. The number of aryl methyl sites for hydroxylation is 2. The summed E-state index contributed by atoms with van der Waals surface area (Å²) in [5.41, 5.74) is -0.973. The van der Waals surface area contributed by atoms with Crippen LogP contribution >= 0.6 is 0 Å². The molecule has 0 saturated carbocycles. The summed E-state index contributed by atoms with van der Waals surface area (Å²) in [5, 5.41) is 8.91. The van der Waals surface area contributed by atoms with Gasteiger partial charge in [0.15, 0.2) is 5.52 Å². The molecule has 0 aliphatic rings. The highest BCUT2D eigenvalue weighted by molar-refractivity contribution is 5.88. The minimum absolute atomic E-state index is 0.0329. The van der Waals surface area contributed by atoms with Crippen molar-refractivity contribution in [1.82, 2.24) is 18.7 Å². The molecular weight excluding hydrogens is 228 g/mol. The third-order valence-electron chi connectivity index (χ3n) is 2.65. The number of aromatic nitrogens is 4. The molecule has 8 nitrogen and oxygen atoms in total. The summed E-state index contributed by atoms with van der Waals surface area (Å²) >= 11 is 0. The predicted octanol–water partition coefficient (Wildman–Crippen LogP) is -1.33. The van der Waals surface area contributed by atoms with Crippen LogP contribution in [-0.2, 0) is 21.1 Å². The maximum absolute atomic E-state index is 11.8. The largest absolute Gasteiger partial charge is 0.475 e. The molecule has 0 saturated heterocycles. The average Bonchev–Trinajstić information content (AvgIpc) is 2.62. The summed E-state index contributed by atoms with van der Waals surface area (Å²) in [6.45, 7) is 0. The molecule has 0 aliphatic carbocycles. The molecule has 0 aliphatic heterocycles. The van der Waals surface area contributed by atoms with Gasteiger partial charge in [0.25, 0.3) is 5.56 Å². The third kappa shape index (κ3) is 1.30. The molecule has 2 rings (SSSR count). The Morgan fingerprint density at radius 1 is 1.12 bits per heavy atom. The summed E-state index contributed by atoms with van der Waals surface area (Å²) in [7, 11) is 4.22. The number of hydrogen-bond acceptors (Lipinski definition) is 4. The molecule has 2 aromatic rings. The van der Waals surface area contributed by atoms with Gasteiger partial charge in [-0.15, -0.1) is 0 Å². The van der Waals surface area contributed by atoms with Gasteiger partial charge < -0.3 is 9.67 Å². The first-order chi connectivity index (χ1) is 7.86. The van der Waals surface area contributed by atoms with Gasteiger partial charge in [-0.3, -0.25) is 13.9 Å². The minimum Gasteiger partial charge on any atom is -0.475 e. The second-order valence-corrected chi connectivity index (χ2v) is 3.68. The van der Waals surface area contributed by atoms with E-state index in [1.54, 1.807) is 0 Å². The molecule has 0 radical (unpaired) electrons. The van der Waals surface area contributed by atoms with Crippen molar-refractivity contribution in [2.45, 2.75) is 0 Å². The zero-order valence-electron chi connectivity index (χ0n) is 9.46. The molecule has 0 aromatic carbocycles. The van der Waals surface area contributed by atoms with Crippen molar-refractivity contribution in [3.63, 3.8) is 0 Å². The highest BCUT2D eigenvalue weighted by Gasteiger charge is 2.20. The molecule has 0 unspecified atom stereocenters. The van der Waals surface area contributed by atoms with E-state index in [-0.39, 0.29) is 17.0 Å². The zero-order valence-corrected chi connectivity index (χ0v) is 9.46. The average molecular weight is 238 g/mol. The van der Waals surface area contributed by atoms with Crippen LogP contribution in [0.2, 0.25) is 0 Å². The number of hydrogen-bond donors (Lipinski definition) is 1. The second-order valence-electron chi connectivity index (χ2n) is 3.68. The molecule has 0 spiro atoms. The fraction of sp³-hybridized carbons (Fsp3) is 0.333. The zero-order chi connectivity index (χ0) is 12.9. The number of carboxylic acid groups (broad SMARTS) is 1. The van der Waals surface area contributed by atoms with Crippen molar-refractivity contribution >= 4 is 17.1 Å². The number of rotatable bonds is 1. The van der Waals surface area contributed by atoms with E-state index in [0.29, 0.717) is 0 Å². The molecule has 0 atom stereocenters. The summed E-state index contributed by atoms with van der Waals surface area (Å²) in [5.74, 6) is -1.53. The lowest BCUT2D eigenvalue weighted by Crippen LogP contribution is -2.37. The predicted molar refractivity (Wildman–Crippen MR) is 58.2 cm³/mol. The van der Waals surface area contributed by atoms with E-state index in [2.05, 4.69) is 4.98 Å². The van der Waals surface area contributed by atoms with E-state index < -0.39 is 17.2 Å². The second kappa shape index (κ2) is 3.30. The van der Waals surface area contributed by atoms with E-state index in [0.717, 1.165) is 4.57 Å². The number of nitrogens with zero attached hydrogens (tertiary/aromatic N) is 4. The fourth-order valence-corrected chi connectivity index (χ4v) is 1.77. The summed E-state index contributed by atoms with van der Waals surface area (Å²) in [6, 6.07) is 0. The Kier molecular flexibility index (Phi) is 2.16. The van der Waals surface area contributed by atoms with Gasteiger partial charge in [0.2, 0.25) is 5.82 Å². The molecule has 17 heavy (non-hydrogen) atoms. The normalized spacial score (nSPS) is 11.0. The Balaban J connectivity index is 3.14. The van der Waals surface area contributed by atoms with Crippen molar-refractivity contribution in [1.29, 1.82) is 0 Å². The third-order valence-corrected chi connectivity index (χ3v) is 2.65. The number of carboxylic acids is 1. The van der Waals surface area contributed by atoms with E-state index in [1.807, 2.05) is 0 Å². The smallest absolute Gasteiger partial charge is 0.372 e. The van der Waals surface area contributed by atoms with Crippen molar-refractivity contribution in [2.75, 3.05) is 0 Å². The molecule has 0 amide bonds. The van der Waals surface area contributed by atoms with E-state index >= 15 is 0 Å². The maximum Gasteiger partial charge on any atom is 0.372 e. The van der Waals surface area contributed by atoms with Crippen LogP contribution in [0.25, 0.3) is 11.2 Å². The molecule has 8 heteroatoms. The van der Waals surface area contributed by atoms with E-state index in [9.17, 15) is 14.4 Å². The van der Waals surface area contributed by atoms with Gasteiger partial charge in [0, 0.05) is 21.1 Å². The van der Waals surface area contributed by atoms with Gasteiger partial charge in [-0.1, -0.05) is 0 Å². The van der Waals surface area contributed by atoms with Crippen LogP contribution in [0.15, 0.2) is 9.59 Å². The van der Waals surface area contributed by atoms with Gasteiger partial charge in [-0.05, 0) is 0 Å². The number of carbonyl (C=O) groups is 1. The first-order valence-corrected chi connectivity index (χ1v) is 4.72. The van der Waals surface area contributed by atoms with Gasteiger partial charge in [0.1, 0.15) is 5.65 Å². The van der Waals surface area contributed by atoms with Crippen molar-refractivity contribution in [3.8, 4) is 0 Å². The Bertz CT molecular complexity index is 749. The summed E-state index contributed by atoms with van der Waals surface area (Å²) < 4.78 is 3.29. The monoisotopic (exact) mass is 238 g/mol. The molecular formula is C9H10N4O4. The summed E-state index contributed by atoms with van der Waals surface area (Å²) in [4.78, 5) is 38.1. The van der Waals surface area contributed by atoms with Crippen molar-refractivity contribution in [3.05, 3.63) is 26.7 Å². The topological polar surface area (TPSA) is 99.1 Å². The highest BCUT2D eigenvalue weighted by atomic mass is 16.4. The molecule has 0 fully saturated rings. The Morgan fingerprint density at radius 3 is 2.24 bits per heavy atom. The minimum atomic E-state index is -1.25. The SMILES string of the molecule is Cn1c(=O)c2nc(C(=O)O)n(C)c2n(C)c1=O. The van der Waals surface area contributed by atoms with Crippen molar-refractivity contribution in [2.24, 2.45) is 21.1 Å². The number of fused-ring (bicyclic) bond motifs is 1. The van der Waals surface area contributed by atoms with Crippen LogP contribution in [0.1, 0.15) is 10.6 Å². The first kappa shape index (κ1) is 11.1. The Hall–Kier alpha value is -2.38. The lowest BCUT2D eigenvalue weighted by atomic mass is 10.5.